The summed E-state index contributed by atoms with van der Waals surface area (Å²) in [5.41, 5.74) is 2.37. The van der Waals surface area contributed by atoms with Gasteiger partial charge in [0.05, 0.1) is 11.6 Å². The van der Waals surface area contributed by atoms with Crippen molar-refractivity contribution in [2.24, 2.45) is 0 Å². The van der Waals surface area contributed by atoms with E-state index < -0.39 is 0 Å². The highest BCUT2D eigenvalue weighted by atomic mass is 32.2. The summed E-state index contributed by atoms with van der Waals surface area (Å²) in [7, 11) is 0. The molecule has 100 valence electrons. The first-order valence-electron chi connectivity index (χ1n) is 6.48. The van der Waals surface area contributed by atoms with E-state index in [4.69, 9.17) is 0 Å². The van der Waals surface area contributed by atoms with Crippen LogP contribution in [0.1, 0.15) is 5.56 Å². The van der Waals surface area contributed by atoms with E-state index in [0.29, 0.717) is 0 Å². The first-order chi connectivity index (χ1) is 9.76. The molecule has 1 N–H and O–H groups in total. The second-order valence-electron chi connectivity index (χ2n) is 4.67. The van der Waals surface area contributed by atoms with Crippen LogP contribution in [0.5, 0.6) is 0 Å². The molecule has 1 aromatic carbocycles. The van der Waals surface area contributed by atoms with Gasteiger partial charge < -0.3 is 0 Å². The molecule has 4 heteroatoms. The minimum atomic E-state index is 0.760. The summed E-state index contributed by atoms with van der Waals surface area (Å²) in [6, 6.07) is 10.6. The molecule has 0 bridgehead atoms. The third-order valence-electron chi connectivity index (χ3n) is 3.11. The molecule has 0 aliphatic rings. The highest BCUT2D eigenvalue weighted by molar-refractivity contribution is 7.99. The lowest BCUT2D eigenvalue weighted by Crippen LogP contribution is -2.34. The number of aromatic amines is 1. The Morgan fingerprint density at radius 3 is 2.90 bits per heavy atom. The zero-order valence-electron chi connectivity index (χ0n) is 11.3. The standard InChI is InChI=1S/C16H15N3S/c1-3-8-19-15-11-17-16(9-13(15)10-18-19)20-14-6-4-12(2)5-7-14/h3-7,9-11H,1,8H2,2H3/p+1. The minimum absolute atomic E-state index is 0.760. The third kappa shape index (κ3) is 2.60. The van der Waals surface area contributed by atoms with Gasteiger partial charge in [-0.3, -0.25) is 0 Å². The molecule has 0 spiro atoms. The quantitative estimate of drug-likeness (QED) is 0.587. The van der Waals surface area contributed by atoms with Crippen LogP contribution in [-0.2, 0) is 6.54 Å². The van der Waals surface area contributed by atoms with Gasteiger partial charge in [-0.1, -0.05) is 36.0 Å². The molecule has 2 aromatic heterocycles. The number of aryl methyl sites for hydroxylation is 1. The molecule has 0 aliphatic carbocycles. The Morgan fingerprint density at radius 2 is 2.15 bits per heavy atom. The van der Waals surface area contributed by atoms with Gasteiger partial charge in [-0.05, 0) is 31.2 Å². The number of H-pyrrole nitrogens is 1. The van der Waals surface area contributed by atoms with Crippen molar-refractivity contribution in [3.8, 4) is 0 Å². The van der Waals surface area contributed by atoms with Crippen LogP contribution in [0.4, 0.5) is 0 Å². The van der Waals surface area contributed by atoms with Crippen molar-refractivity contribution in [2.45, 2.75) is 23.4 Å². The Balaban J connectivity index is 1.89. The van der Waals surface area contributed by atoms with Crippen LogP contribution in [0.25, 0.3) is 10.9 Å². The van der Waals surface area contributed by atoms with Crippen molar-refractivity contribution in [3.63, 3.8) is 0 Å². The van der Waals surface area contributed by atoms with Crippen molar-refractivity contribution in [2.75, 3.05) is 0 Å². The summed E-state index contributed by atoms with van der Waals surface area (Å²) in [6.45, 7) is 6.61. The number of rotatable bonds is 4. The van der Waals surface area contributed by atoms with Gasteiger partial charge in [-0.15, -0.1) is 4.68 Å². The van der Waals surface area contributed by atoms with Crippen molar-refractivity contribution in [3.05, 3.63) is 60.9 Å². The van der Waals surface area contributed by atoms with Crippen molar-refractivity contribution in [1.29, 1.82) is 0 Å². The van der Waals surface area contributed by atoms with Crippen molar-refractivity contribution < 1.29 is 4.68 Å². The minimum Gasteiger partial charge on any atom is -0.243 e. The number of pyridine rings is 1. The summed E-state index contributed by atoms with van der Waals surface area (Å²) < 4.78 is 2.02. The molecule has 3 aromatic rings. The van der Waals surface area contributed by atoms with E-state index in [1.807, 2.05) is 23.2 Å². The lowest BCUT2D eigenvalue weighted by Gasteiger charge is -2.00. The highest BCUT2D eigenvalue weighted by Crippen LogP contribution is 2.27. The van der Waals surface area contributed by atoms with Gasteiger partial charge in [0.15, 0.2) is 6.54 Å². The fourth-order valence-corrected chi connectivity index (χ4v) is 2.87. The third-order valence-corrected chi connectivity index (χ3v) is 4.05. The van der Waals surface area contributed by atoms with Gasteiger partial charge in [-0.2, -0.15) is 5.10 Å². The molecule has 0 radical (unpaired) electrons. The van der Waals surface area contributed by atoms with E-state index in [1.165, 1.54) is 10.5 Å². The van der Waals surface area contributed by atoms with Crippen LogP contribution in [0.3, 0.4) is 0 Å². The molecule has 3 nitrogen and oxygen atoms in total. The SMILES string of the molecule is C=CC[n+]1[nH]cc2cc(Sc3ccc(C)cc3)ncc21. The van der Waals surface area contributed by atoms with Crippen LogP contribution in [0.2, 0.25) is 0 Å². The van der Waals surface area contributed by atoms with E-state index in [9.17, 15) is 0 Å². The zero-order chi connectivity index (χ0) is 13.9. The summed E-state index contributed by atoms with van der Waals surface area (Å²) in [5.74, 6) is 0. The predicted octanol–water partition coefficient (Wildman–Crippen LogP) is 3.50. The largest absolute Gasteiger partial charge is 0.256 e. The molecule has 0 unspecified atom stereocenters. The highest BCUT2D eigenvalue weighted by Gasteiger charge is 2.11. The average molecular weight is 282 g/mol. The lowest BCUT2D eigenvalue weighted by atomic mass is 10.2. The monoisotopic (exact) mass is 282 g/mol. The molecule has 0 amide bonds. The van der Waals surface area contributed by atoms with E-state index in [2.05, 4.69) is 53.9 Å². The Kier molecular flexibility index (Phi) is 3.56. The average Bonchev–Trinajstić information content (AvgIpc) is 2.85. The van der Waals surface area contributed by atoms with E-state index >= 15 is 0 Å². The molecule has 20 heavy (non-hydrogen) atoms. The van der Waals surface area contributed by atoms with Crippen LogP contribution < -0.4 is 4.68 Å². The van der Waals surface area contributed by atoms with Gasteiger partial charge in [0, 0.05) is 4.90 Å². The van der Waals surface area contributed by atoms with E-state index in [0.717, 1.165) is 22.5 Å². The normalized spacial score (nSPS) is 10.8. The number of fused-ring (bicyclic) bond motifs is 1. The van der Waals surface area contributed by atoms with Gasteiger partial charge in [-0.25, -0.2) is 4.98 Å². The number of allylic oxidation sites excluding steroid dienone is 1. The van der Waals surface area contributed by atoms with E-state index in [-0.39, 0.29) is 0 Å². The molecular formula is C16H16N3S+. The Bertz CT molecular complexity index is 744. The maximum atomic E-state index is 4.53. The first kappa shape index (κ1) is 12.9. The maximum Gasteiger partial charge on any atom is 0.256 e. The van der Waals surface area contributed by atoms with Gasteiger partial charge in [0.2, 0.25) is 0 Å². The molecule has 0 atom stereocenters. The number of benzene rings is 1. The van der Waals surface area contributed by atoms with Crippen molar-refractivity contribution in [1.82, 2.24) is 10.1 Å². The Morgan fingerprint density at radius 1 is 1.35 bits per heavy atom. The van der Waals surface area contributed by atoms with E-state index in [1.54, 1.807) is 11.8 Å². The molecular weight excluding hydrogens is 266 g/mol. The van der Waals surface area contributed by atoms with Gasteiger partial charge in [0.1, 0.15) is 11.2 Å². The predicted molar refractivity (Wildman–Crippen MR) is 81.8 cm³/mol. The maximum absolute atomic E-state index is 4.53. The second kappa shape index (κ2) is 5.51. The van der Waals surface area contributed by atoms with Gasteiger partial charge in [0.25, 0.3) is 5.52 Å². The molecule has 0 saturated heterocycles. The number of nitrogens with one attached hydrogen (secondary N) is 1. The Hall–Kier alpha value is -2.07. The van der Waals surface area contributed by atoms with Crippen LogP contribution >= 0.6 is 11.8 Å². The molecule has 0 saturated carbocycles. The molecule has 0 aliphatic heterocycles. The zero-order valence-corrected chi connectivity index (χ0v) is 12.2. The molecule has 0 fully saturated rings. The summed E-state index contributed by atoms with van der Waals surface area (Å²) >= 11 is 1.68. The lowest BCUT2D eigenvalue weighted by molar-refractivity contribution is -0.717. The van der Waals surface area contributed by atoms with Crippen LogP contribution in [-0.4, -0.2) is 10.1 Å². The summed E-state index contributed by atoms with van der Waals surface area (Å²) in [5, 5.41) is 5.38. The topological polar surface area (TPSA) is 32.6 Å². The summed E-state index contributed by atoms with van der Waals surface area (Å²) in [6.07, 6.45) is 5.77. The first-order valence-corrected chi connectivity index (χ1v) is 7.30. The van der Waals surface area contributed by atoms with Crippen molar-refractivity contribution >= 4 is 22.7 Å². The van der Waals surface area contributed by atoms with Gasteiger partial charge >= 0.3 is 0 Å². The number of aromatic nitrogens is 3. The fraction of sp³-hybridized carbons (Fsp3) is 0.125. The second-order valence-corrected chi connectivity index (χ2v) is 5.76. The van der Waals surface area contributed by atoms with Crippen LogP contribution in [0, 0.1) is 6.92 Å². The fourth-order valence-electron chi connectivity index (χ4n) is 2.06. The number of nitrogens with zero attached hydrogens (tertiary/aromatic N) is 2. The smallest absolute Gasteiger partial charge is 0.243 e. The number of hydrogen-bond acceptors (Lipinski definition) is 2. The number of hydrogen-bond donors (Lipinski definition) is 1. The molecule has 3 rings (SSSR count). The van der Waals surface area contributed by atoms with Crippen LogP contribution in [0.15, 0.2) is 65.3 Å². The Labute approximate surface area is 122 Å². The molecule has 2 heterocycles. The summed E-state index contributed by atoms with van der Waals surface area (Å²) in [4.78, 5) is 5.73.